The summed E-state index contributed by atoms with van der Waals surface area (Å²) >= 11 is 0. The zero-order valence-electron chi connectivity index (χ0n) is 12.4. The van der Waals surface area contributed by atoms with Crippen molar-refractivity contribution in [2.75, 3.05) is 0 Å². The third-order valence-corrected chi connectivity index (χ3v) is 3.64. The van der Waals surface area contributed by atoms with Crippen LogP contribution in [0.1, 0.15) is 28.8 Å². The molecule has 0 aliphatic carbocycles. The van der Waals surface area contributed by atoms with Crippen molar-refractivity contribution in [1.82, 2.24) is 9.78 Å². The Labute approximate surface area is 119 Å². The van der Waals surface area contributed by atoms with Gasteiger partial charge >= 0.3 is 5.97 Å². The van der Waals surface area contributed by atoms with Crippen LogP contribution in [-0.4, -0.2) is 20.9 Å². The van der Waals surface area contributed by atoms with E-state index in [0.717, 1.165) is 17.0 Å². The van der Waals surface area contributed by atoms with Crippen molar-refractivity contribution in [3.63, 3.8) is 0 Å². The van der Waals surface area contributed by atoms with Crippen LogP contribution in [0.3, 0.4) is 0 Å². The number of benzene rings is 1. The topological polar surface area (TPSA) is 55.1 Å². The second kappa shape index (κ2) is 5.49. The van der Waals surface area contributed by atoms with Crippen molar-refractivity contribution in [3.05, 3.63) is 40.6 Å². The van der Waals surface area contributed by atoms with Crippen molar-refractivity contribution >= 4 is 5.97 Å². The lowest BCUT2D eigenvalue weighted by molar-refractivity contribution is -0.136. The van der Waals surface area contributed by atoms with Crippen LogP contribution in [0.15, 0.2) is 18.2 Å². The minimum Gasteiger partial charge on any atom is -0.481 e. The van der Waals surface area contributed by atoms with E-state index in [1.54, 1.807) is 0 Å². The molecule has 0 unspecified atom stereocenters. The number of carboxylic acids is 1. The number of aryl methyl sites for hydroxylation is 5. The molecule has 106 valence electrons. The molecule has 2 rings (SSSR count). The number of carboxylic acid groups (broad SMARTS) is 1. The van der Waals surface area contributed by atoms with Crippen LogP contribution in [0.2, 0.25) is 0 Å². The number of rotatable bonds is 4. The summed E-state index contributed by atoms with van der Waals surface area (Å²) < 4.78 is 1.83. The lowest BCUT2D eigenvalue weighted by atomic mass is 9.98. The molecule has 4 nitrogen and oxygen atoms in total. The molecular formula is C16H20N2O2. The maximum Gasteiger partial charge on any atom is 0.303 e. The van der Waals surface area contributed by atoms with Gasteiger partial charge in [0.05, 0.1) is 17.8 Å². The van der Waals surface area contributed by atoms with Gasteiger partial charge in [-0.1, -0.05) is 6.07 Å². The highest BCUT2D eigenvalue weighted by Crippen LogP contribution is 2.27. The fourth-order valence-corrected chi connectivity index (χ4v) is 2.37. The molecule has 0 spiro atoms. The first-order valence-corrected chi connectivity index (χ1v) is 6.71. The largest absolute Gasteiger partial charge is 0.481 e. The zero-order chi connectivity index (χ0) is 14.9. The molecule has 0 fully saturated rings. The Kier molecular flexibility index (Phi) is 3.93. The van der Waals surface area contributed by atoms with Gasteiger partial charge in [0.1, 0.15) is 0 Å². The summed E-state index contributed by atoms with van der Waals surface area (Å²) in [5.41, 5.74) is 6.75. The Morgan fingerprint density at radius 1 is 1.15 bits per heavy atom. The second-order valence-electron chi connectivity index (χ2n) is 5.29. The van der Waals surface area contributed by atoms with E-state index in [2.05, 4.69) is 38.0 Å². The maximum atomic E-state index is 10.6. The van der Waals surface area contributed by atoms with Crippen LogP contribution in [-0.2, 0) is 18.3 Å². The zero-order valence-corrected chi connectivity index (χ0v) is 12.4. The molecule has 0 aliphatic heterocycles. The molecule has 1 N–H and O–H groups in total. The number of hydrogen-bond acceptors (Lipinski definition) is 2. The summed E-state index contributed by atoms with van der Waals surface area (Å²) in [5, 5.41) is 13.1. The highest BCUT2D eigenvalue weighted by atomic mass is 16.4. The van der Waals surface area contributed by atoms with Gasteiger partial charge in [-0.3, -0.25) is 9.48 Å². The number of aliphatic carboxylic acids is 1. The Hall–Kier alpha value is -2.10. The molecule has 0 saturated heterocycles. The average molecular weight is 272 g/mol. The Morgan fingerprint density at radius 2 is 1.80 bits per heavy atom. The molecule has 1 heterocycles. The third-order valence-electron chi connectivity index (χ3n) is 3.64. The van der Waals surface area contributed by atoms with E-state index < -0.39 is 5.97 Å². The Morgan fingerprint density at radius 3 is 2.45 bits per heavy atom. The van der Waals surface area contributed by atoms with E-state index in [4.69, 9.17) is 5.11 Å². The normalized spacial score (nSPS) is 10.8. The standard InChI is InChI=1S/C16H20N2O2/c1-10-7-12(3)14(8-11(10)2)15-9-13(17-18(15)4)5-6-16(19)20/h7-9H,5-6H2,1-4H3,(H,19,20). The fourth-order valence-electron chi connectivity index (χ4n) is 2.37. The molecule has 0 saturated carbocycles. The van der Waals surface area contributed by atoms with Gasteiger partial charge in [-0.05, 0) is 49.6 Å². The van der Waals surface area contributed by atoms with Crippen LogP contribution in [0.25, 0.3) is 11.3 Å². The lowest BCUT2D eigenvalue weighted by Crippen LogP contribution is -1.99. The van der Waals surface area contributed by atoms with E-state index in [0.29, 0.717) is 6.42 Å². The van der Waals surface area contributed by atoms with Gasteiger partial charge in [0.15, 0.2) is 0 Å². The van der Waals surface area contributed by atoms with E-state index in [-0.39, 0.29) is 6.42 Å². The first-order valence-electron chi connectivity index (χ1n) is 6.71. The van der Waals surface area contributed by atoms with Gasteiger partial charge in [-0.15, -0.1) is 0 Å². The summed E-state index contributed by atoms with van der Waals surface area (Å²) in [7, 11) is 1.90. The van der Waals surface area contributed by atoms with Gasteiger partial charge in [-0.2, -0.15) is 5.10 Å². The summed E-state index contributed by atoms with van der Waals surface area (Å²) in [6, 6.07) is 6.33. The number of carbonyl (C=O) groups is 1. The van der Waals surface area contributed by atoms with E-state index in [1.807, 2.05) is 17.8 Å². The first-order chi connectivity index (χ1) is 9.38. The van der Waals surface area contributed by atoms with Gasteiger partial charge in [0.2, 0.25) is 0 Å². The molecular weight excluding hydrogens is 252 g/mol. The van der Waals surface area contributed by atoms with E-state index in [1.165, 1.54) is 16.7 Å². The maximum absolute atomic E-state index is 10.6. The molecule has 2 aromatic rings. The van der Waals surface area contributed by atoms with Crippen LogP contribution in [0.5, 0.6) is 0 Å². The SMILES string of the molecule is Cc1cc(C)c(-c2cc(CCC(=O)O)nn2C)cc1C. The number of nitrogens with zero attached hydrogens (tertiary/aromatic N) is 2. The smallest absolute Gasteiger partial charge is 0.303 e. The van der Waals surface area contributed by atoms with E-state index >= 15 is 0 Å². The van der Waals surface area contributed by atoms with Gasteiger partial charge < -0.3 is 5.11 Å². The summed E-state index contributed by atoms with van der Waals surface area (Å²) in [5.74, 6) is -0.792. The minimum absolute atomic E-state index is 0.113. The Balaban J connectivity index is 2.38. The van der Waals surface area contributed by atoms with Gasteiger partial charge in [-0.25, -0.2) is 0 Å². The van der Waals surface area contributed by atoms with Gasteiger partial charge in [0, 0.05) is 19.0 Å². The van der Waals surface area contributed by atoms with Crippen molar-refractivity contribution < 1.29 is 9.90 Å². The average Bonchev–Trinajstić information content (AvgIpc) is 2.72. The van der Waals surface area contributed by atoms with Crippen molar-refractivity contribution in [2.24, 2.45) is 7.05 Å². The van der Waals surface area contributed by atoms with Gasteiger partial charge in [0.25, 0.3) is 0 Å². The number of hydrogen-bond donors (Lipinski definition) is 1. The highest BCUT2D eigenvalue weighted by Gasteiger charge is 2.12. The van der Waals surface area contributed by atoms with Crippen molar-refractivity contribution in [3.8, 4) is 11.3 Å². The second-order valence-corrected chi connectivity index (χ2v) is 5.29. The van der Waals surface area contributed by atoms with Crippen LogP contribution >= 0.6 is 0 Å². The van der Waals surface area contributed by atoms with Crippen molar-refractivity contribution in [1.29, 1.82) is 0 Å². The molecule has 0 amide bonds. The molecule has 1 aromatic carbocycles. The molecule has 0 radical (unpaired) electrons. The summed E-state index contributed by atoms with van der Waals surface area (Å²) in [6.07, 6.45) is 0.579. The molecule has 0 bridgehead atoms. The van der Waals surface area contributed by atoms with Crippen LogP contribution < -0.4 is 0 Å². The lowest BCUT2D eigenvalue weighted by Gasteiger charge is -2.09. The summed E-state index contributed by atoms with van der Waals surface area (Å²) in [6.45, 7) is 6.29. The minimum atomic E-state index is -0.792. The quantitative estimate of drug-likeness (QED) is 0.930. The predicted octanol–water partition coefficient (Wildman–Crippen LogP) is 3.03. The third kappa shape index (κ3) is 2.90. The predicted molar refractivity (Wildman–Crippen MR) is 78.8 cm³/mol. The molecule has 1 aromatic heterocycles. The fraction of sp³-hybridized carbons (Fsp3) is 0.375. The molecule has 20 heavy (non-hydrogen) atoms. The number of aromatic nitrogens is 2. The van der Waals surface area contributed by atoms with Crippen molar-refractivity contribution in [2.45, 2.75) is 33.6 Å². The van der Waals surface area contributed by atoms with Crippen LogP contribution in [0.4, 0.5) is 0 Å². The van der Waals surface area contributed by atoms with Crippen LogP contribution in [0, 0.1) is 20.8 Å². The first kappa shape index (κ1) is 14.3. The molecule has 4 heteroatoms. The summed E-state index contributed by atoms with van der Waals surface area (Å²) in [4.78, 5) is 10.6. The van der Waals surface area contributed by atoms with E-state index in [9.17, 15) is 4.79 Å². The Bertz CT molecular complexity index is 657. The molecule has 0 atom stereocenters. The molecule has 0 aliphatic rings. The monoisotopic (exact) mass is 272 g/mol. The highest BCUT2D eigenvalue weighted by molar-refractivity contribution is 5.68.